The average molecular weight is 314 g/mol. The molecule has 23 heavy (non-hydrogen) atoms. The van der Waals surface area contributed by atoms with E-state index in [9.17, 15) is 4.79 Å². The third-order valence-corrected chi connectivity index (χ3v) is 3.51. The number of ether oxygens (including phenoxy) is 1. The van der Waals surface area contributed by atoms with Crippen LogP contribution in [0.4, 0.5) is 4.79 Å². The Morgan fingerprint density at radius 3 is 2.39 bits per heavy atom. The van der Waals surface area contributed by atoms with Crippen molar-refractivity contribution in [1.82, 2.24) is 10.6 Å². The maximum atomic E-state index is 12.2. The van der Waals surface area contributed by atoms with Crippen molar-refractivity contribution in [1.29, 1.82) is 0 Å². The van der Waals surface area contributed by atoms with Crippen LogP contribution in [0.15, 0.2) is 54.6 Å². The first-order chi connectivity index (χ1) is 11.2. The molecule has 0 aliphatic rings. The van der Waals surface area contributed by atoms with Gasteiger partial charge in [0.25, 0.3) is 0 Å². The van der Waals surface area contributed by atoms with Gasteiger partial charge in [-0.25, -0.2) is 4.79 Å². The molecule has 0 bridgehead atoms. The van der Waals surface area contributed by atoms with E-state index in [-0.39, 0.29) is 24.7 Å². The Morgan fingerprint density at radius 1 is 1.09 bits per heavy atom. The number of rotatable bonds is 6. The van der Waals surface area contributed by atoms with Gasteiger partial charge in [0.05, 0.1) is 25.8 Å². The van der Waals surface area contributed by atoms with Gasteiger partial charge in [-0.05, 0) is 18.6 Å². The summed E-state index contributed by atoms with van der Waals surface area (Å²) in [5.41, 5.74) is 1.82. The van der Waals surface area contributed by atoms with Crippen LogP contribution in [0, 0.1) is 0 Å². The van der Waals surface area contributed by atoms with Crippen molar-refractivity contribution in [3.8, 4) is 5.75 Å². The van der Waals surface area contributed by atoms with E-state index in [0.29, 0.717) is 5.75 Å². The zero-order valence-corrected chi connectivity index (χ0v) is 13.3. The molecule has 2 unspecified atom stereocenters. The van der Waals surface area contributed by atoms with E-state index in [0.717, 1.165) is 11.1 Å². The number of aliphatic hydroxyl groups is 1. The van der Waals surface area contributed by atoms with Crippen LogP contribution >= 0.6 is 0 Å². The molecular formula is C18H22N2O3. The first-order valence-corrected chi connectivity index (χ1v) is 7.51. The normalized spacial score (nSPS) is 13.0. The second kappa shape index (κ2) is 8.19. The number of para-hydroxylation sites is 1. The molecule has 0 saturated heterocycles. The molecule has 0 aromatic heterocycles. The van der Waals surface area contributed by atoms with Crippen molar-refractivity contribution in [2.45, 2.75) is 19.0 Å². The Hall–Kier alpha value is -2.53. The SMILES string of the molecule is COc1ccccc1C(NC(=O)NC(C)CO)c1ccccc1. The van der Waals surface area contributed by atoms with Crippen LogP contribution in [0.25, 0.3) is 0 Å². The molecule has 122 valence electrons. The molecule has 0 saturated carbocycles. The largest absolute Gasteiger partial charge is 0.496 e. The van der Waals surface area contributed by atoms with Crippen LogP contribution in [-0.2, 0) is 0 Å². The highest BCUT2D eigenvalue weighted by Crippen LogP contribution is 2.29. The summed E-state index contributed by atoms with van der Waals surface area (Å²) < 4.78 is 5.42. The van der Waals surface area contributed by atoms with Crippen LogP contribution in [0.3, 0.4) is 0 Å². The Kier molecular flexibility index (Phi) is 6.00. The number of urea groups is 1. The van der Waals surface area contributed by atoms with Gasteiger partial charge in [0.1, 0.15) is 5.75 Å². The molecule has 2 amide bonds. The van der Waals surface area contributed by atoms with Crippen LogP contribution in [0.5, 0.6) is 5.75 Å². The molecule has 5 heteroatoms. The lowest BCUT2D eigenvalue weighted by atomic mass is 9.98. The van der Waals surface area contributed by atoms with Gasteiger partial charge in [0, 0.05) is 5.56 Å². The molecule has 0 aliphatic heterocycles. The molecule has 0 fully saturated rings. The van der Waals surface area contributed by atoms with Gasteiger partial charge in [-0.2, -0.15) is 0 Å². The van der Waals surface area contributed by atoms with Gasteiger partial charge in [0.2, 0.25) is 0 Å². The first kappa shape index (κ1) is 16.8. The van der Waals surface area contributed by atoms with E-state index >= 15 is 0 Å². The van der Waals surface area contributed by atoms with Gasteiger partial charge in [-0.15, -0.1) is 0 Å². The fraction of sp³-hybridized carbons (Fsp3) is 0.278. The highest BCUT2D eigenvalue weighted by atomic mass is 16.5. The minimum Gasteiger partial charge on any atom is -0.496 e. The summed E-state index contributed by atoms with van der Waals surface area (Å²) in [4.78, 5) is 12.2. The summed E-state index contributed by atoms with van der Waals surface area (Å²) in [5, 5.41) is 14.7. The lowest BCUT2D eigenvalue weighted by molar-refractivity contribution is 0.218. The number of nitrogens with one attached hydrogen (secondary N) is 2. The summed E-state index contributed by atoms with van der Waals surface area (Å²) in [7, 11) is 1.61. The van der Waals surface area contributed by atoms with E-state index in [1.807, 2.05) is 54.6 Å². The number of carbonyl (C=O) groups is 1. The van der Waals surface area contributed by atoms with Crippen LogP contribution in [0.1, 0.15) is 24.1 Å². The number of hydrogen-bond donors (Lipinski definition) is 3. The Balaban J connectivity index is 2.31. The molecular weight excluding hydrogens is 292 g/mol. The fourth-order valence-electron chi connectivity index (χ4n) is 2.33. The fourth-order valence-corrected chi connectivity index (χ4v) is 2.33. The summed E-state index contributed by atoms with van der Waals surface area (Å²) in [5.74, 6) is 0.705. The van der Waals surface area contributed by atoms with Crippen molar-refractivity contribution in [2.24, 2.45) is 0 Å². The molecule has 0 aliphatic carbocycles. The lowest BCUT2D eigenvalue weighted by Crippen LogP contribution is -2.44. The predicted octanol–water partition coefficient (Wildman–Crippen LogP) is 2.46. The predicted molar refractivity (Wildman–Crippen MR) is 89.5 cm³/mol. The number of methoxy groups -OCH3 is 1. The minimum atomic E-state index is -0.349. The number of aliphatic hydroxyl groups excluding tert-OH is 1. The second-order valence-electron chi connectivity index (χ2n) is 5.29. The standard InChI is InChI=1S/C18H22N2O3/c1-13(12-21)19-18(22)20-17(14-8-4-3-5-9-14)15-10-6-7-11-16(15)23-2/h3-11,13,17,21H,12H2,1-2H3,(H2,19,20,22). The number of benzene rings is 2. The van der Waals surface area contributed by atoms with Gasteiger partial charge >= 0.3 is 6.03 Å². The molecule has 2 aromatic carbocycles. The Bertz CT molecular complexity index is 631. The molecule has 0 spiro atoms. The molecule has 5 nitrogen and oxygen atoms in total. The highest BCUT2D eigenvalue weighted by molar-refractivity contribution is 5.75. The smallest absolute Gasteiger partial charge is 0.315 e. The zero-order valence-electron chi connectivity index (χ0n) is 13.3. The maximum absolute atomic E-state index is 12.2. The van der Waals surface area contributed by atoms with Gasteiger partial charge in [0.15, 0.2) is 0 Å². The Morgan fingerprint density at radius 2 is 1.74 bits per heavy atom. The summed E-state index contributed by atoms with van der Waals surface area (Å²) >= 11 is 0. The number of carbonyl (C=O) groups excluding carboxylic acids is 1. The molecule has 2 rings (SSSR count). The van der Waals surface area contributed by atoms with Gasteiger partial charge < -0.3 is 20.5 Å². The second-order valence-corrected chi connectivity index (χ2v) is 5.29. The average Bonchev–Trinajstić information content (AvgIpc) is 2.60. The van der Waals surface area contributed by atoms with E-state index in [4.69, 9.17) is 9.84 Å². The quantitative estimate of drug-likeness (QED) is 0.767. The van der Waals surface area contributed by atoms with Crippen molar-refractivity contribution in [3.63, 3.8) is 0 Å². The van der Waals surface area contributed by atoms with Crippen LogP contribution in [0.2, 0.25) is 0 Å². The molecule has 0 radical (unpaired) electrons. The van der Waals surface area contributed by atoms with Crippen molar-refractivity contribution in [3.05, 3.63) is 65.7 Å². The molecule has 0 heterocycles. The first-order valence-electron chi connectivity index (χ1n) is 7.51. The van der Waals surface area contributed by atoms with Gasteiger partial charge in [-0.1, -0.05) is 48.5 Å². The van der Waals surface area contributed by atoms with Crippen LogP contribution in [-0.4, -0.2) is 30.9 Å². The number of hydrogen-bond acceptors (Lipinski definition) is 3. The molecule has 2 aromatic rings. The Labute approximate surface area is 136 Å². The summed E-state index contributed by atoms with van der Waals surface area (Å²) in [6.45, 7) is 1.62. The molecule has 2 atom stereocenters. The third-order valence-electron chi connectivity index (χ3n) is 3.51. The summed E-state index contributed by atoms with van der Waals surface area (Å²) in [6.07, 6.45) is 0. The summed E-state index contributed by atoms with van der Waals surface area (Å²) in [6, 6.07) is 16.3. The minimum absolute atomic E-state index is 0.113. The molecule has 3 N–H and O–H groups in total. The zero-order chi connectivity index (χ0) is 16.7. The van der Waals surface area contributed by atoms with Crippen LogP contribution < -0.4 is 15.4 Å². The lowest BCUT2D eigenvalue weighted by Gasteiger charge is -2.23. The third kappa shape index (κ3) is 4.47. The monoisotopic (exact) mass is 314 g/mol. The van der Waals surface area contributed by atoms with Gasteiger partial charge in [-0.3, -0.25) is 0 Å². The van der Waals surface area contributed by atoms with E-state index in [2.05, 4.69) is 10.6 Å². The van der Waals surface area contributed by atoms with E-state index < -0.39 is 0 Å². The van der Waals surface area contributed by atoms with Crippen molar-refractivity contribution >= 4 is 6.03 Å². The number of amides is 2. The maximum Gasteiger partial charge on any atom is 0.315 e. The topological polar surface area (TPSA) is 70.6 Å². The van der Waals surface area contributed by atoms with Crippen molar-refractivity contribution < 1.29 is 14.6 Å². The highest BCUT2D eigenvalue weighted by Gasteiger charge is 2.20. The van der Waals surface area contributed by atoms with Crippen molar-refractivity contribution in [2.75, 3.05) is 13.7 Å². The van der Waals surface area contributed by atoms with E-state index in [1.54, 1.807) is 14.0 Å². The van der Waals surface area contributed by atoms with E-state index in [1.165, 1.54) is 0 Å².